The Bertz CT molecular complexity index is 377. The summed E-state index contributed by atoms with van der Waals surface area (Å²) in [5.41, 5.74) is 1.18. The number of nitrogens with one attached hydrogen (secondary N) is 1. The van der Waals surface area contributed by atoms with Crippen LogP contribution in [0.15, 0.2) is 24.3 Å². The van der Waals surface area contributed by atoms with E-state index in [1.165, 1.54) is 31.4 Å². The largest absolute Gasteiger partial charge is 0.308 e. The quantitative estimate of drug-likeness (QED) is 0.877. The van der Waals surface area contributed by atoms with E-state index in [1.807, 2.05) is 12.1 Å². The van der Waals surface area contributed by atoms with Gasteiger partial charge in [-0.2, -0.15) is 0 Å². The fourth-order valence-electron chi connectivity index (χ4n) is 2.87. The molecule has 1 N–H and O–H groups in total. The first-order valence-electron chi connectivity index (χ1n) is 7.39. The minimum absolute atomic E-state index is 0.161. The number of halogens is 1. The molecule has 2 atom stereocenters. The zero-order chi connectivity index (χ0) is 13.7. The normalized spacial score (nSPS) is 22.4. The van der Waals surface area contributed by atoms with Gasteiger partial charge < -0.3 is 10.2 Å². The average Bonchev–Trinajstić information content (AvgIpc) is 2.43. The molecule has 0 bridgehead atoms. The lowest BCUT2D eigenvalue weighted by molar-refractivity contribution is 0.177. The first kappa shape index (κ1) is 14.5. The van der Waals surface area contributed by atoms with Crippen LogP contribution < -0.4 is 5.32 Å². The maximum absolute atomic E-state index is 13.0. The predicted molar refractivity (Wildman–Crippen MR) is 77.7 cm³/mol. The second-order valence-corrected chi connectivity index (χ2v) is 5.55. The molecule has 0 spiro atoms. The van der Waals surface area contributed by atoms with Crippen molar-refractivity contribution >= 4 is 0 Å². The van der Waals surface area contributed by atoms with Gasteiger partial charge in [-0.05, 0) is 50.6 Å². The molecular weight excluding hydrogens is 239 g/mol. The lowest BCUT2D eigenvalue weighted by Crippen LogP contribution is -2.43. The fourth-order valence-corrected chi connectivity index (χ4v) is 2.87. The molecule has 1 saturated heterocycles. The lowest BCUT2D eigenvalue weighted by Gasteiger charge is -2.33. The van der Waals surface area contributed by atoms with Gasteiger partial charge in [0.1, 0.15) is 5.82 Å². The van der Waals surface area contributed by atoms with Crippen molar-refractivity contribution in [2.75, 3.05) is 20.1 Å². The molecule has 19 heavy (non-hydrogen) atoms. The lowest BCUT2D eigenvalue weighted by atomic mass is 10.0. The van der Waals surface area contributed by atoms with E-state index in [0.717, 1.165) is 13.0 Å². The molecule has 1 aliphatic heterocycles. The van der Waals surface area contributed by atoms with Gasteiger partial charge in [0.25, 0.3) is 0 Å². The number of benzene rings is 1. The smallest absolute Gasteiger partial charge is 0.123 e. The van der Waals surface area contributed by atoms with Crippen molar-refractivity contribution in [1.82, 2.24) is 10.2 Å². The Morgan fingerprint density at radius 1 is 1.32 bits per heavy atom. The summed E-state index contributed by atoms with van der Waals surface area (Å²) in [6, 6.07) is 7.85. The van der Waals surface area contributed by atoms with E-state index in [1.54, 1.807) is 12.1 Å². The van der Waals surface area contributed by atoms with E-state index < -0.39 is 0 Å². The predicted octanol–water partition coefficient (Wildman–Crippen LogP) is 3.35. The fraction of sp³-hybridized carbons (Fsp3) is 0.625. The van der Waals surface area contributed by atoms with Crippen LogP contribution in [0.3, 0.4) is 0 Å². The molecule has 2 unspecified atom stereocenters. The molecular formula is C16H25FN2. The Hall–Kier alpha value is -0.930. The second-order valence-electron chi connectivity index (χ2n) is 5.55. The van der Waals surface area contributed by atoms with E-state index in [0.29, 0.717) is 12.1 Å². The number of likely N-dealkylation sites (N-methyl/N-ethyl adjacent to an activating group) is 1. The van der Waals surface area contributed by atoms with E-state index in [9.17, 15) is 4.39 Å². The van der Waals surface area contributed by atoms with Crippen molar-refractivity contribution in [3.05, 3.63) is 35.6 Å². The van der Waals surface area contributed by atoms with Crippen molar-refractivity contribution in [1.29, 1.82) is 0 Å². The average molecular weight is 264 g/mol. The van der Waals surface area contributed by atoms with Crippen LogP contribution in [0.4, 0.5) is 4.39 Å². The van der Waals surface area contributed by atoms with Gasteiger partial charge in [0.15, 0.2) is 0 Å². The third kappa shape index (κ3) is 4.02. The summed E-state index contributed by atoms with van der Waals surface area (Å²) in [5, 5.41) is 3.64. The number of hydrogen-bond donors (Lipinski definition) is 1. The Morgan fingerprint density at radius 3 is 2.68 bits per heavy atom. The van der Waals surface area contributed by atoms with Gasteiger partial charge >= 0.3 is 0 Å². The molecule has 0 saturated carbocycles. The molecule has 1 aliphatic rings. The summed E-state index contributed by atoms with van der Waals surface area (Å²) < 4.78 is 13.0. The summed E-state index contributed by atoms with van der Waals surface area (Å²) in [6.45, 7) is 4.40. The van der Waals surface area contributed by atoms with E-state index in [-0.39, 0.29) is 5.82 Å². The van der Waals surface area contributed by atoms with Crippen molar-refractivity contribution < 1.29 is 4.39 Å². The molecule has 106 valence electrons. The Morgan fingerprint density at radius 2 is 2.05 bits per heavy atom. The zero-order valence-corrected chi connectivity index (χ0v) is 12.0. The third-order valence-corrected chi connectivity index (χ3v) is 4.20. The molecule has 0 aliphatic carbocycles. The highest BCUT2D eigenvalue weighted by Gasteiger charge is 2.19. The van der Waals surface area contributed by atoms with Gasteiger partial charge in [-0.1, -0.05) is 25.5 Å². The molecule has 0 amide bonds. The highest BCUT2D eigenvalue weighted by atomic mass is 19.1. The maximum Gasteiger partial charge on any atom is 0.123 e. The SMILES string of the molecule is CCC(NCC1CCCCN1C)c1ccc(F)cc1. The monoisotopic (exact) mass is 264 g/mol. The van der Waals surface area contributed by atoms with Gasteiger partial charge in [0.2, 0.25) is 0 Å². The molecule has 1 aromatic carbocycles. The Balaban J connectivity index is 1.90. The van der Waals surface area contributed by atoms with Crippen LogP contribution in [0.5, 0.6) is 0 Å². The zero-order valence-electron chi connectivity index (χ0n) is 12.0. The van der Waals surface area contributed by atoms with Gasteiger partial charge in [-0.3, -0.25) is 0 Å². The van der Waals surface area contributed by atoms with Gasteiger partial charge in [-0.25, -0.2) is 4.39 Å². The van der Waals surface area contributed by atoms with Crippen molar-refractivity contribution in [3.63, 3.8) is 0 Å². The number of rotatable bonds is 5. The summed E-state index contributed by atoms with van der Waals surface area (Å²) in [7, 11) is 2.21. The van der Waals surface area contributed by atoms with Crippen molar-refractivity contribution in [3.8, 4) is 0 Å². The van der Waals surface area contributed by atoms with Gasteiger partial charge in [-0.15, -0.1) is 0 Å². The van der Waals surface area contributed by atoms with E-state index in [2.05, 4.69) is 24.2 Å². The number of likely N-dealkylation sites (tertiary alicyclic amines) is 1. The summed E-state index contributed by atoms with van der Waals surface area (Å²) in [6.07, 6.45) is 4.97. The molecule has 1 aromatic rings. The summed E-state index contributed by atoms with van der Waals surface area (Å²) in [5.74, 6) is -0.161. The van der Waals surface area contributed by atoms with Crippen molar-refractivity contribution in [2.45, 2.75) is 44.7 Å². The van der Waals surface area contributed by atoms with Crippen molar-refractivity contribution in [2.24, 2.45) is 0 Å². The van der Waals surface area contributed by atoms with Gasteiger partial charge in [0.05, 0.1) is 0 Å². The van der Waals surface area contributed by atoms with Gasteiger partial charge in [0, 0.05) is 18.6 Å². The minimum atomic E-state index is -0.161. The van der Waals surface area contributed by atoms with Crippen LogP contribution >= 0.6 is 0 Å². The minimum Gasteiger partial charge on any atom is -0.308 e. The molecule has 0 aromatic heterocycles. The van der Waals surface area contributed by atoms with Crippen LogP contribution in [0.2, 0.25) is 0 Å². The first-order valence-corrected chi connectivity index (χ1v) is 7.39. The first-order chi connectivity index (χ1) is 9.20. The molecule has 1 heterocycles. The van der Waals surface area contributed by atoms with Crippen LogP contribution in [-0.4, -0.2) is 31.1 Å². The standard InChI is InChI=1S/C16H25FN2/c1-3-16(13-7-9-14(17)10-8-13)18-12-15-6-4-5-11-19(15)2/h7-10,15-16,18H,3-6,11-12H2,1-2H3. The Labute approximate surface area is 116 Å². The number of hydrogen-bond acceptors (Lipinski definition) is 2. The van der Waals surface area contributed by atoms with E-state index >= 15 is 0 Å². The van der Waals surface area contributed by atoms with E-state index in [4.69, 9.17) is 0 Å². The molecule has 2 nitrogen and oxygen atoms in total. The van der Waals surface area contributed by atoms with Crippen LogP contribution in [0, 0.1) is 5.82 Å². The Kier molecular flexibility index (Phi) is 5.34. The topological polar surface area (TPSA) is 15.3 Å². The maximum atomic E-state index is 13.0. The highest BCUT2D eigenvalue weighted by Crippen LogP contribution is 2.19. The molecule has 0 radical (unpaired) electrons. The molecule has 2 rings (SSSR count). The molecule has 3 heteroatoms. The third-order valence-electron chi connectivity index (χ3n) is 4.20. The van der Waals surface area contributed by atoms with Crippen LogP contribution in [0.1, 0.15) is 44.2 Å². The molecule has 1 fully saturated rings. The van der Waals surface area contributed by atoms with Crippen LogP contribution in [0.25, 0.3) is 0 Å². The highest BCUT2D eigenvalue weighted by molar-refractivity contribution is 5.19. The van der Waals surface area contributed by atoms with Crippen LogP contribution in [-0.2, 0) is 0 Å². The number of nitrogens with zero attached hydrogens (tertiary/aromatic N) is 1. The summed E-state index contributed by atoms with van der Waals surface area (Å²) >= 11 is 0. The second kappa shape index (κ2) is 7.01. The number of piperidine rings is 1. The summed E-state index contributed by atoms with van der Waals surface area (Å²) in [4.78, 5) is 2.45.